The summed E-state index contributed by atoms with van der Waals surface area (Å²) in [6.07, 6.45) is 2.53. The van der Waals surface area contributed by atoms with Crippen molar-refractivity contribution in [2.45, 2.75) is 32.2 Å². The van der Waals surface area contributed by atoms with Crippen molar-refractivity contribution >= 4 is 34.7 Å². The van der Waals surface area contributed by atoms with Crippen LogP contribution in [0.25, 0.3) is 11.2 Å². The van der Waals surface area contributed by atoms with E-state index in [0.29, 0.717) is 74.4 Å². The van der Waals surface area contributed by atoms with Crippen LogP contribution in [-0.4, -0.2) is 66.4 Å². The summed E-state index contributed by atoms with van der Waals surface area (Å²) in [6.45, 7) is 5.15. The average Bonchev–Trinajstić information content (AvgIpc) is 3.53. The number of primary amides is 1. The number of nitrogens with zero attached hydrogens (tertiary/aromatic N) is 6. The molecule has 3 aliphatic heterocycles. The van der Waals surface area contributed by atoms with Crippen molar-refractivity contribution in [3.63, 3.8) is 0 Å². The Kier molecular flexibility index (Phi) is 6.03. The molecule has 11 nitrogen and oxygen atoms in total. The maximum absolute atomic E-state index is 14.5. The van der Waals surface area contributed by atoms with Crippen LogP contribution in [0.1, 0.15) is 30.3 Å². The molecule has 37 heavy (non-hydrogen) atoms. The molecule has 12 heteroatoms. The van der Waals surface area contributed by atoms with E-state index in [1.165, 1.54) is 6.26 Å². The predicted molar refractivity (Wildman–Crippen MR) is 134 cm³/mol. The van der Waals surface area contributed by atoms with Crippen LogP contribution < -0.4 is 20.4 Å². The van der Waals surface area contributed by atoms with Crippen molar-refractivity contribution in [1.29, 1.82) is 0 Å². The Balaban J connectivity index is 1.50. The highest BCUT2D eigenvalue weighted by Crippen LogP contribution is 2.43. The molecule has 194 valence electrons. The molecule has 2 N–H and O–H groups in total. The molecule has 1 amide bonds. The Bertz CT molecular complexity index is 1360. The van der Waals surface area contributed by atoms with Crippen molar-refractivity contribution in [2.24, 2.45) is 5.73 Å². The number of amides is 1. The SMILES string of the molecule is Cc1cc(C2OC=C(C(N)=O)N2c2cc3oc(N4CCOCC4)nc3nc2N2CCCC(F)C2)ccn1. The fraction of sp³-hybridized carbons (Fsp3) is 0.440. The summed E-state index contributed by atoms with van der Waals surface area (Å²) in [6, 6.07) is 5.92. The first-order valence-electron chi connectivity index (χ1n) is 12.4. The summed E-state index contributed by atoms with van der Waals surface area (Å²) < 4.78 is 32.0. The van der Waals surface area contributed by atoms with Gasteiger partial charge in [0.05, 0.1) is 25.4 Å². The number of carbonyl (C=O) groups is 1. The fourth-order valence-electron chi connectivity index (χ4n) is 5.01. The van der Waals surface area contributed by atoms with Gasteiger partial charge in [0.15, 0.2) is 11.4 Å². The van der Waals surface area contributed by atoms with Crippen LogP contribution in [0.2, 0.25) is 0 Å². The number of carbonyl (C=O) groups excluding carboxylic acids is 1. The van der Waals surface area contributed by atoms with E-state index in [0.717, 1.165) is 11.3 Å². The van der Waals surface area contributed by atoms with Gasteiger partial charge in [-0.05, 0) is 31.9 Å². The number of alkyl halides is 1. The number of oxazole rings is 1. The van der Waals surface area contributed by atoms with Crippen molar-refractivity contribution in [3.8, 4) is 0 Å². The van der Waals surface area contributed by atoms with Gasteiger partial charge in [0.25, 0.3) is 11.9 Å². The van der Waals surface area contributed by atoms with Gasteiger partial charge in [-0.3, -0.25) is 14.7 Å². The molecule has 2 fully saturated rings. The highest BCUT2D eigenvalue weighted by Gasteiger charge is 2.38. The van der Waals surface area contributed by atoms with E-state index in [1.807, 2.05) is 28.9 Å². The number of morpholine rings is 1. The second-order valence-electron chi connectivity index (χ2n) is 9.39. The second kappa shape index (κ2) is 9.51. The van der Waals surface area contributed by atoms with Gasteiger partial charge in [-0.15, -0.1) is 0 Å². The first kappa shape index (κ1) is 23.5. The number of halogens is 1. The number of anilines is 3. The Morgan fingerprint density at radius 3 is 2.76 bits per heavy atom. The molecule has 6 rings (SSSR count). The van der Waals surface area contributed by atoms with E-state index in [-0.39, 0.29) is 12.2 Å². The molecule has 3 aromatic rings. The van der Waals surface area contributed by atoms with E-state index in [1.54, 1.807) is 17.2 Å². The van der Waals surface area contributed by atoms with Gasteiger partial charge < -0.3 is 29.4 Å². The van der Waals surface area contributed by atoms with Gasteiger partial charge >= 0.3 is 0 Å². The molecule has 0 aromatic carbocycles. The van der Waals surface area contributed by atoms with Crippen LogP contribution in [0.4, 0.5) is 21.9 Å². The molecule has 2 saturated heterocycles. The molecule has 0 radical (unpaired) electrons. The van der Waals surface area contributed by atoms with E-state index < -0.39 is 18.3 Å². The van der Waals surface area contributed by atoms with E-state index in [4.69, 9.17) is 24.6 Å². The third kappa shape index (κ3) is 4.41. The number of hydrogen-bond acceptors (Lipinski definition) is 10. The number of fused-ring (bicyclic) bond motifs is 1. The van der Waals surface area contributed by atoms with Crippen molar-refractivity contribution < 1.29 is 23.1 Å². The lowest BCUT2D eigenvalue weighted by Crippen LogP contribution is -2.39. The molecule has 2 atom stereocenters. The smallest absolute Gasteiger partial charge is 0.300 e. The number of pyridine rings is 2. The molecule has 6 heterocycles. The number of piperidine rings is 1. The van der Waals surface area contributed by atoms with Gasteiger partial charge in [-0.1, -0.05) is 0 Å². The molecule has 3 aromatic heterocycles. The van der Waals surface area contributed by atoms with Crippen molar-refractivity contribution in [1.82, 2.24) is 15.0 Å². The van der Waals surface area contributed by atoms with Crippen LogP contribution in [0.5, 0.6) is 0 Å². The Hall–Kier alpha value is -3.93. The minimum atomic E-state index is -0.986. The van der Waals surface area contributed by atoms with E-state index >= 15 is 0 Å². The molecule has 3 aliphatic rings. The summed E-state index contributed by atoms with van der Waals surface area (Å²) in [5.41, 5.74) is 8.87. The first-order valence-corrected chi connectivity index (χ1v) is 12.4. The van der Waals surface area contributed by atoms with Crippen LogP contribution in [0.15, 0.2) is 40.8 Å². The fourth-order valence-corrected chi connectivity index (χ4v) is 5.01. The van der Waals surface area contributed by atoms with Gasteiger partial charge in [0, 0.05) is 43.2 Å². The molecular formula is C25H28FN7O4. The lowest BCUT2D eigenvalue weighted by molar-refractivity contribution is -0.114. The van der Waals surface area contributed by atoms with Crippen molar-refractivity contribution in [2.75, 3.05) is 54.1 Å². The standard InChI is InChI=1S/C25H28FN7O4/c1-15-11-16(4-5-28-15)24-33(19(14-36-24)21(27)34)18-12-20-22(29-23(18)32-6-2-3-17(26)13-32)30-25(37-20)31-7-9-35-10-8-31/h4-5,11-12,14,17,24H,2-3,6-10,13H2,1H3,(H2,27,34). The third-order valence-corrected chi connectivity index (χ3v) is 6.80. The maximum atomic E-state index is 14.5. The normalized spacial score (nSPS) is 22.3. The second-order valence-corrected chi connectivity index (χ2v) is 9.39. The number of aryl methyl sites for hydroxylation is 1. The summed E-state index contributed by atoms with van der Waals surface area (Å²) in [4.78, 5) is 31.8. The largest absolute Gasteiger partial charge is 0.471 e. The maximum Gasteiger partial charge on any atom is 0.300 e. The van der Waals surface area contributed by atoms with E-state index in [2.05, 4.69) is 9.97 Å². The van der Waals surface area contributed by atoms with Crippen LogP contribution in [-0.2, 0) is 14.3 Å². The van der Waals surface area contributed by atoms with Crippen LogP contribution in [0.3, 0.4) is 0 Å². The Morgan fingerprint density at radius 2 is 2.00 bits per heavy atom. The highest BCUT2D eigenvalue weighted by molar-refractivity contribution is 5.98. The monoisotopic (exact) mass is 509 g/mol. The van der Waals surface area contributed by atoms with Gasteiger partial charge in [0.2, 0.25) is 11.9 Å². The van der Waals surface area contributed by atoms with Crippen molar-refractivity contribution in [3.05, 3.63) is 47.6 Å². The van der Waals surface area contributed by atoms with Gasteiger partial charge in [-0.2, -0.15) is 4.98 Å². The molecule has 0 bridgehead atoms. The minimum absolute atomic E-state index is 0.156. The molecular weight excluding hydrogens is 481 g/mol. The minimum Gasteiger partial charge on any atom is -0.471 e. The lowest BCUT2D eigenvalue weighted by Gasteiger charge is -2.34. The molecule has 0 saturated carbocycles. The highest BCUT2D eigenvalue weighted by atomic mass is 19.1. The lowest BCUT2D eigenvalue weighted by atomic mass is 10.1. The van der Waals surface area contributed by atoms with Gasteiger partial charge in [0.1, 0.15) is 18.1 Å². The summed E-state index contributed by atoms with van der Waals surface area (Å²) in [7, 11) is 0. The number of hydrogen-bond donors (Lipinski definition) is 1. The summed E-state index contributed by atoms with van der Waals surface area (Å²) in [5, 5.41) is 0. The number of aromatic nitrogens is 3. The Morgan fingerprint density at radius 1 is 1.16 bits per heavy atom. The van der Waals surface area contributed by atoms with Crippen LogP contribution >= 0.6 is 0 Å². The average molecular weight is 510 g/mol. The summed E-state index contributed by atoms with van der Waals surface area (Å²) >= 11 is 0. The topological polar surface area (TPSA) is 123 Å². The molecule has 0 spiro atoms. The van der Waals surface area contributed by atoms with Gasteiger partial charge in [-0.25, -0.2) is 9.37 Å². The quantitative estimate of drug-likeness (QED) is 0.549. The predicted octanol–water partition coefficient (Wildman–Crippen LogP) is 2.56. The summed E-state index contributed by atoms with van der Waals surface area (Å²) in [5.74, 6) is -0.169. The number of rotatable bonds is 5. The zero-order chi connectivity index (χ0) is 25.5. The Labute approximate surface area is 212 Å². The van der Waals surface area contributed by atoms with E-state index in [9.17, 15) is 9.18 Å². The zero-order valence-electron chi connectivity index (χ0n) is 20.5. The number of nitrogens with two attached hydrogens (primary N) is 1. The number of ether oxygens (including phenoxy) is 2. The zero-order valence-corrected chi connectivity index (χ0v) is 20.5. The molecule has 2 unspecified atom stereocenters. The third-order valence-electron chi connectivity index (χ3n) is 6.80. The first-order chi connectivity index (χ1) is 18.0. The molecule has 0 aliphatic carbocycles. The van der Waals surface area contributed by atoms with Crippen LogP contribution in [0, 0.1) is 6.92 Å².